The van der Waals surface area contributed by atoms with Crippen LogP contribution in [0.3, 0.4) is 0 Å². The van der Waals surface area contributed by atoms with Crippen molar-refractivity contribution in [1.29, 1.82) is 0 Å². The van der Waals surface area contributed by atoms with Crippen LogP contribution in [0.5, 0.6) is 0 Å². The van der Waals surface area contributed by atoms with Crippen molar-refractivity contribution >= 4 is 10.1 Å². The first-order valence-electron chi connectivity index (χ1n) is 7.43. The fourth-order valence-corrected chi connectivity index (χ4v) is 4.70. The molecule has 0 heterocycles. The molecule has 4 nitrogen and oxygen atoms in total. The molecule has 4 aliphatic rings. The molecule has 2 unspecified atom stereocenters. The summed E-state index contributed by atoms with van der Waals surface area (Å²) in [6.45, 7) is 3.80. The van der Waals surface area contributed by atoms with Crippen LogP contribution in [0.2, 0.25) is 0 Å². The molecule has 4 rings (SSSR count). The molecular weight excluding hydrogens is 312 g/mol. The Hall–Kier alpha value is -2.11. The van der Waals surface area contributed by atoms with Gasteiger partial charge < -0.3 is 9.66 Å². The van der Waals surface area contributed by atoms with Gasteiger partial charge in [-0.1, -0.05) is 37.3 Å². The van der Waals surface area contributed by atoms with Crippen LogP contribution in [0.25, 0.3) is 0 Å². The predicted octanol–water partition coefficient (Wildman–Crippen LogP) is 3.19. The Bertz CT molecular complexity index is 962. The largest absolute Gasteiger partial charge is 0.744 e. The molecule has 0 aromatic heterocycles. The lowest BCUT2D eigenvalue weighted by molar-refractivity contribution is 0.417. The highest BCUT2D eigenvalue weighted by Gasteiger charge is 2.39. The van der Waals surface area contributed by atoms with Gasteiger partial charge in [-0.2, -0.15) is 0 Å². The topological polar surface area (TPSA) is 77.4 Å². The van der Waals surface area contributed by atoms with Gasteiger partial charge in [0.2, 0.25) is 0 Å². The van der Waals surface area contributed by atoms with Crippen molar-refractivity contribution in [3.63, 3.8) is 0 Å². The molecule has 0 radical (unpaired) electrons. The van der Waals surface area contributed by atoms with E-state index in [9.17, 15) is 18.1 Å². The molecule has 0 saturated carbocycles. The second-order valence-corrected chi connectivity index (χ2v) is 7.63. The highest BCUT2D eigenvalue weighted by atomic mass is 32.2. The van der Waals surface area contributed by atoms with Gasteiger partial charge in [-0.25, -0.2) is 8.42 Å². The summed E-state index contributed by atoms with van der Waals surface area (Å²) < 4.78 is 35.0. The Morgan fingerprint density at radius 2 is 1.87 bits per heavy atom. The zero-order valence-corrected chi connectivity index (χ0v) is 13.5. The number of aliphatic hydroxyl groups excluding tert-OH is 1. The number of rotatable bonds is 1. The van der Waals surface area contributed by atoms with E-state index in [0.29, 0.717) is 5.57 Å². The second-order valence-electron chi connectivity index (χ2n) is 6.28. The van der Waals surface area contributed by atoms with E-state index in [-0.39, 0.29) is 22.5 Å². The molecule has 1 N–H and O–H groups in total. The maximum absolute atomic E-state index is 11.7. The summed E-state index contributed by atoms with van der Waals surface area (Å²) in [5.41, 5.74) is 5.04. The number of allylic oxidation sites excluding steroid dienone is 12. The van der Waals surface area contributed by atoms with Crippen molar-refractivity contribution in [2.75, 3.05) is 0 Å². The van der Waals surface area contributed by atoms with Gasteiger partial charge in [-0.15, -0.1) is 0 Å². The minimum atomic E-state index is -4.55. The fourth-order valence-electron chi connectivity index (χ4n) is 3.88. The molecule has 0 bridgehead atoms. The zero-order valence-electron chi connectivity index (χ0n) is 12.7. The summed E-state index contributed by atoms with van der Waals surface area (Å²) in [6, 6.07) is 0. The summed E-state index contributed by atoms with van der Waals surface area (Å²) in [6.07, 6.45) is 10.6. The fraction of sp³-hybridized carbons (Fsp3) is 0.222. The number of hydrogen-bond acceptors (Lipinski definition) is 4. The Morgan fingerprint density at radius 3 is 2.57 bits per heavy atom. The molecule has 0 saturated heterocycles. The smallest absolute Gasteiger partial charge is 0.124 e. The van der Waals surface area contributed by atoms with Gasteiger partial charge in [0.15, 0.2) is 0 Å². The third-order valence-corrected chi connectivity index (χ3v) is 5.81. The molecule has 23 heavy (non-hydrogen) atoms. The van der Waals surface area contributed by atoms with Crippen molar-refractivity contribution in [1.82, 2.24) is 0 Å². The molecule has 0 aromatic rings. The first-order valence-corrected chi connectivity index (χ1v) is 8.84. The van der Waals surface area contributed by atoms with E-state index in [1.807, 2.05) is 26.0 Å². The van der Waals surface area contributed by atoms with Crippen molar-refractivity contribution in [2.45, 2.75) is 13.8 Å². The molecule has 0 aliphatic heterocycles. The number of aliphatic hydroxyl groups is 1. The average Bonchev–Trinajstić information content (AvgIpc) is 2.48. The normalized spacial score (nSPS) is 28.8. The minimum absolute atomic E-state index is 0.152. The van der Waals surface area contributed by atoms with Gasteiger partial charge in [-0.3, -0.25) is 0 Å². The zero-order chi connectivity index (χ0) is 16.5. The maximum Gasteiger partial charge on any atom is 0.124 e. The highest BCUT2D eigenvalue weighted by molar-refractivity contribution is 7.90. The van der Waals surface area contributed by atoms with E-state index in [2.05, 4.69) is 0 Å². The highest BCUT2D eigenvalue weighted by Crippen LogP contribution is 2.52. The van der Waals surface area contributed by atoms with Gasteiger partial charge in [0.1, 0.15) is 15.9 Å². The monoisotopic (exact) mass is 327 g/mol. The molecule has 0 amide bonds. The summed E-state index contributed by atoms with van der Waals surface area (Å²) in [5.74, 6) is -0.165. The molecule has 0 spiro atoms. The summed E-state index contributed by atoms with van der Waals surface area (Å²) >= 11 is 0. The van der Waals surface area contributed by atoms with Crippen LogP contribution in [-0.2, 0) is 10.1 Å². The van der Waals surface area contributed by atoms with Gasteiger partial charge in [0.25, 0.3) is 0 Å². The summed E-state index contributed by atoms with van der Waals surface area (Å²) in [5, 5.41) is 10.3. The van der Waals surface area contributed by atoms with Gasteiger partial charge in [-0.05, 0) is 40.9 Å². The van der Waals surface area contributed by atoms with Crippen molar-refractivity contribution in [3.8, 4) is 0 Å². The molecule has 0 aromatic carbocycles. The van der Waals surface area contributed by atoms with E-state index in [0.717, 1.165) is 27.9 Å². The van der Waals surface area contributed by atoms with Crippen molar-refractivity contribution < 1.29 is 18.1 Å². The lowest BCUT2D eigenvalue weighted by Crippen LogP contribution is -2.28. The van der Waals surface area contributed by atoms with Crippen LogP contribution in [0.15, 0.2) is 80.6 Å². The maximum atomic E-state index is 11.7. The molecule has 5 heteroatoms. The summed E-state index contributed by atoms with van der Waals surface area (Å²) in [7, 11) is -4.55. The van der Waals surface area contributed by atoms with Crippen LogP contribution in [0, 0.1) is 11.8 Å². The van der Waals surface area contributed by atoms with E-state index < -0.39 is 10.1 Å². The quantitative estimate of drug-likeness (QED) is 0.750. The molecule has 2 atom stereocenters. The van der Waals surface area contributed by atoms with Crippen molar-refractivity contribution in [2.24, 2.45) is 11.8 Å². The van der Waals surface area contributed by atoms with E-state index in [1.165, 1.54) is 6.08 Å². The summed E-state index contributed by atoms with van der Waals surface area (Å²) in [4.78, 5) is -0.152. The first-order chi connectivity index (χ1) is 10.8. The van der Waals surface area contributed by atoms with E-state index >= 15 is 0 Å². The lowest BCUT2D eigenvalue weighted by Gasteiger charge is -2.40. The minimum Gasteiger partial charge on any atom is -0.744 e. The van der Waals surface area contributed by atoms with E-state index in [1.54, 1.807) is 18.2 Å². The van der Waals surface area contributed by atoms with Crippen LogP contribution in [-0.4, -0.2) is 18.1 Å². The van der Waals surface area contributed by atoms with Crippen molar-refractivity contribution in [3.05, 3.63) is 80.6 Å². The molecule has 0 fully saturated rings. The van der Waals surface area contributed by atoms with Gasteiger partial charge in [0, 0.05) is 17.4 Å². The van der Waals surface area contributed by atoms with E-state index in [4.69, 9.17) is 0 Å². The Labute approximate surface area is 135 Å². The third kappa shape index (κ3) is 1.90. The van der Waals surface area contributed by atoms with Crippen LogP contribution < -0.4 is 0 Å². The standard InChI is InChI=1S/C18H16O4S/c1-9-7-15(19)13-5-6-14-16(23(20,21)22)8-10(2)12-4-3-11(9)17(13)18(12)14/h3-8,10,17,19H,1-2H3,(H,20,21,22)/p-1. The van der Waals surface area contributed by atoms with Gasteiger partial charge >= 0.3 is 0 Å². The average molecular weight is 327 g/mol. The third-order valence-electron chi connectivity index (χ3n) is 4.91. The Balaban J connectivity index is 2.06. The Morgan fingerprint density at radius 1 is 1.17 bits per heavy atom. The molecule has 118 valence electrons. The first kappa shape index (κ1) is 14.5. The lowest BCUT2D eigenvalue weighted by atomic mass is 9.65. The Kier molecular flexibility index (Phi) is 2.81. The molecular formula is C18H15O4S-. The second kappa shape index (κ2) is 4.46. The molecule has 4 aliphatic carbocycles. The van der Waals surface area contributed by atoms with Gasteiger partial charge in [0.05, 0.1) is 4.91 Å². The van der Waals surface area contributed by atoms with Crippen LogP contribution >= 0.6 is 0 Å². The van der Waals surface area contributed by atoms with Crippen LogP contribution in [0.4, 0.5) is 0 Å². The number of hydrogen-bond donors (Lipinski definition) is 1. The predicted molar refractivity (Wildman–Crippen MR) is 86.2 cm³/mol. The van der Waals surface area contributed by atoms with Crippen LogP contribution in [0.1, 0.15) is 13.8 Å². The SMILES string of the molecule is CC1=CC(O)=C2C=CC3=C4C(=CC=C1C24)C(C)C=C3S(=O)(=O)[O-].